The SMILES string of the molecule is C=Cc1cccn1S(=O)(=O)c1ccccc1. The van der Waals surface area contributed by atoms with Gasteiger partial charge in [0.2, 0.25) is 0 Å². The first kappa shape index (κ1) is 10.7. The van der Waals surface area contributed by atoms with Gasteiger partial charge in [-0.1, -0.05) is 24.8 Å². The van der Waals surface area contributed by atoms with E-state index < -0.39 is 10.0 Å². The van der Waals surface area contributed by atoms with Crippen LogP contribution in [0.4, 0.5) is 0 Å². The van der Waals surface area contributed by atoms with E-state index in [9.17, 15) is 8.42 Å². The van der Waals surface area contributed by atoms with Crippen LogP contribution in [0, 0.1) is 0 Å². The molecular weight excluding hydrogens is 222 g/mol. The summed E-state index contributed by atoms with van der Waals surface area (Å²) in [6.07, 6.45) is 3.03. The van der Waals surface area contributed by atoms with E-state index in [2.05, 4.69) is 6.58 Å². The lowest BCUT2D eigenvalue weighted by Gasteiger charge is -2.07. The summed E-state index contributed by atoms with van der Waals surface area (Å²) in [5.74, 6) is 0. The predicted molar refractivity (Wildman–Crippen MR) is 63.5 cm³/mol. The average molecular weight is 233 g/mol. The third-order valence-corrected chi connectivity index (χ3v) is 3.97. The zero-order valence-corrected chi connectivity index (χ0v) is 9.39. The third kappa shape index (κ3) is 1.67. The molecular formula is C12H11NO2S. The van der Waals surface area contributed by atoms with Gasteiger partial charge in [-0.05, 0) is 30.3 Å². The van der Waals surface area contributed by atoms with E-state index >= 15 is 0 Å². The zero-order valence-electron chi connectivity index (χ0n) is 8.58. The Hall–Kier alpha value is -1.81. The lowest BCUT2D eigenvalue weighted by atomic mass is 10.4. The fourth-order valence-electron chi connectivity index (χ4n) is 1.46. The average Bonchev–Trinajstić information content (AvgIpc) is 2.79. The Labute approximate surface area is 94.7 Å². The summed E-state index contributed by atoms with van der Waals surface area (Å²) in [6.45, 7) is 3.59. The van der Waals surface area contributed by atoms with Gasteiger partial charge in [0.05, 0.1) is 10.6 Å². The molecule has 0 N–H and O–H groups in total. The molecule has 1 heterocycles. The second kappa shape index (κ2) is 3.98. The molecule has 0 spiro atoms. The number of hydrogen-bond donors (Lipinski definition) is 0. The molecule has 2 rings (SSSR count). The molecule has 1 aromatic heterocycles. The molecule has 0 aliphatic rings. The first-order chi connectivity index (χ1) is 7.66. The highest BCUT2D eigenvalue weighted by atomic mass is 32.2. The highest BCUT2D eigenvalue weighted by Crippen LogP contribution is 2.16. The van der Waals surface area contributed by atoms with Crippen LogP contribution in [0.5, 0.6) is 0 Å². The molecule has 0 radical (unpaired) electrons. The van der Waals surface area contributed by atoms with Crippen LogP contribution in [-0.4, -0.2) is 12.4 Å². The smallest absolute Gasteiger partial charge is 0.242 e. The molecule has 16 heavy (non-hydrogen) atoms. The van der Waals surface area contributed by atoms with Crippen LogP contribution in [0.15, 0.2) is 60.1 Å². The quantitative estimate of drug-likeness (QED) is 0.816. The van der Waals surface area contributed by atoms with Crippen LogP contribution in [0.2, 0.25) is 0 Å². The second-order valence-electron chi connectivity index (χ2n) is 3.25. The maximum absolute atomic E-state index is 12.2. The van der Waals surface area contributed by atoms with Gasteiger partial charge in [-0.15, -0.1) is 0 Å². The normalized spacial score (nSPS) is 11.2. The van der Waals surface area contributed by atoms with Crippen LogP contribution in [0.1, 0.15) is 5.69 Å². The highest BCUT2D eigenvalue weighted by molar-refractivity contribution is 7.90. The molecule has 0 unspecified atom stereocenters. The maximum Gasteiger partial charge on any atom is 0.268 e. The zero-order chi connectivity index (χ0) is 11.6. The van der Waals surface area contributed by atoms with Crippen molar-refractivity contribution in [3.8, 4) is 0 Å². The number of aromatic nitrogens is 1. The maximum atomic E-state index is 12.2. The second-order valence-corrected chi connectivity index (χ2v) is 5.07. The molecule has 0 aliphatic heterocycles. The number of nitrogens with zero attached hydrogens (tertiary/aromatic N) is 1. The van der Waals surface area contributed by atoms with Gasteiger partial charge in [0.15, 0.2) is 0 Å². The van der Waals surface area contributed by atoms with Crippen molar-refractivity contribution in [2.24, 2.45) is 0 Å². The van der Waals surface area contributed by atoms with Crippen molar-refractivity contribution in [3.63, 3.8) is 0 Å². The Kier molecular flexibility index (Phi) is 2.66. The van der Waals surface area contributed by atoms with E-state index in [4.69, 9.17) is 0 Å². The topological polar surface area (TPSA) is 39.1 Å². The molecule has 0 atom stereocenters. The summed E-state index contributed by atoms with van der Waals surface area (Å²) in [7, 11) is -3.49. The van der Waals surface area contributed by atoms with E-state index in [-0.39, 0.29) is 4.90 Å². The molecule has 0 bridgehead atoms. The van der Waals surface area contributed by atoms with Crippen molar-refractivity contribution in [1.29, 1.82) is 0 Å². The van der Waals surface area contributed by atoms with Gasteiger partial charge in [-0.2, -0.15) is 0 Å². The van der Waals surface area contributed by atoms with Gasteiger partial charge >= 0.3 is 0 Å². The summed E-state index contributed by atoms with van der Waals surface area (Å²) in [5, 5.41) is 0. The van der Waals surface area contributed by atoms with E-state index in [1.807, 2.05) is 0 Å². The van der Waals surface area contributed by atoms with Gasteiger partial charge in [0.25, 0.3) is 10.0 Å². The minimum atomic E-state index is -3.49. The molecule has 0 aliphatic carbocycles. The van der Waals surface area contributed by atoms with Crippen molar-refractivity contribution in [2.45, 2.75) is 4.90 Å². The highest BCUT2D eigenvalue weighted by Gasteiger charge is 2.17. The lowest BCUT2D eigenvalue weighted by Crippen LogP contribution is -2.12. The molecule has 0 saturated carbocycles. The van der Waals surface area contributed by atoms with Crippen LogP contribution >= 0.6 is 0 Å². The lowest BCUT2D eigenvalue weighted by molar-refractivity contribution is 0.587. The largest absolute Gasteiger partial charge is 0.268 e. The molecule has 4 heteroatoms. The summed E-state index contributed by atoms with van der Waals surface area (Å²) in [5.41, 5.74) is 0.559. The Balaban J connectivity index is 2.61. The van der Waals surface area contributed by atoms with Crippen molar-refractivity contribution in [1.82, 2.24) is 3.97 Å². The number of benzene rings is 1. The summed E-state index contributed by atoms with van der Waals surface area (Å²) < 4.78 is 25.6. The Bertz CT molecular complexity index is 597. The standard InChI is InChI=1S/C12H11NO2S/c1-2-11-7-6-10-13(11)16(14,15)12-8-4-3-5-9-12/h2-10H,1H2. The Morgan fingerprint density at radius 1 is 1.06 bits per heavy atom. The molecule has 2 aromatic rings. The predicted octanol–water partition coefficient (Wildman–Crippen LogP) is 2.37. The van der Waals surface area contributed by atoms with Gasteiger partial charge in [-0.3, -0.25) is 0 Å². The summed E-state index contributed by atoms with van der Waals surface area (Å²) >= 11 is 0. The summed E-state index contributed by atoms with van der Waals surface area (Å²) in [6, 6.07) is 11.7. The molecule has 0 fully saturated rings. The van der Waals surface area contributed by atoms with Crippen molar-refractivity contribution >= 4 is 16.1 Å². The molecule has 3 nitrogen and oxygen atoms in total. The fourth-order valence-corrected chi connectivity index (χ4v) is 2.83. The van der Waals surface area contributed by atoms with Crippen molar-refractivity contribution < 1.29 is 8.42 Å². The van der Waals surface area contributed by atoms with Crippen molar-refractivity contribution in [3.05, 3.63) is 60.9 Å². The van der Waals surface area contributed by atoms with Gasteiger partial charge in [-0.25, -0.2) is 12.4 Å². The van der Waals surface area contributed by atoms with E-state index in [0.717, 1.165) is 0 Å². The van der Waals surface area contributed by atoms with Crippen LogP contribution < -0.4 is 0 Å². The summed E-state index contributed by atoms with van der Waals surface area (Å²) in [4.78, 5) is 0.273. The number of rotatable bonds is 3. The van der Waals surface area contributed by atoms with Crippen LogP contribution in [0.3, 0.4) is 0 Å². The van der Waals surface area contributed by atoms with Crippen LogP contribution in [0.25, 0.3) is 6.08 Å². The molecule has 0 saturated heterocycles. The minimum Gasteiger partial charge on any atom is -0.242 e. The fraction of sp³-hybridized carbons (Fsp3) is 0. The van der Waals surface area contributed by atoms with Gasteiger partial charge in [0, 0.05) is 6.20 Å². The minimum absolute atomic E-state index is 0.273. The van der Waals surface area contributed by atoms with E-state index in [0.29, 0.717) is 5.69 Å². The Morgan fingerprint density at radius 3 is 2.38 bits per heavy atom. The van der Waals surface area contributed by atoms with Gasteiger partial charge in [0.1, 0.15) is 0 Å². The van der Waals surface area contributed by atoms with E-state index in [1.54, 1.807) is 42.5 Å². The first-order valence-electron chi connectivity index (χ1n) is 4.76. The van der Waals surface area contributed by atoms with E-state index in [1.165, 1.54) is 16.2 Å². The molecule has 0 amide bonds. The monoisotopic (exact) mass is 233 g/mol. The Morgan fingerprint density at radius 2 is 1.75 bits per heavy atom. The van der Waals surface area contributed by atoms with Gasteiger partial charge < -0.3 is 0 Å². The molecule has 82 valence electrons. The molecule has 1 aromatic carbocycles. The van der Waals surface area contributed by atoms with Crippen molar-refractivity contribution in [2.75, 3.05) is 0 Å². The number of hydrogen-bond acceptors (Lipinski definition) is 2. The third-order valence-electron chi connectivity index (χ3n) is 2.25. The first-order valence-corrected chi connectivity index (χ1v) is 6.20. The van der Waals surface area contributed by atoms with Crippen LogP contribution in [-0.2, 0) is 10.0 Å².